The van der Waals surface area contributed by atoms with Crippen molar-refractivity contribution < 1.29 is 9.72 Å². The highest BCUT2D eigenvalue weighted by molar-refractivity contribution is 6.31. The number of nitro benzene ring substituents is 1. The summed E-state index contributed by atoms with van der Waals surface area (Å²) >= 11 is 5.97. The van der Waals surface area contributed by atoms with Crippen molar-refractivity contribution >= 4 is 35.6 Å². The van der Waals surface area contributed by atoms with Gasteiger partial charge in [0.2, 0.25) is 5.91 Å². The monoisotopic (exact) mass is 362 g/mol. The molecule has 9 heteroatoms. The Labute approximate surface area is 145 Å². The first kappa shape index (κ1) is 19.6. The van der Waals surface area contributed by atoms with Gasteiger partial charge in [-0.25, -0.2) is 0 Å². The quantitative estimate of drug-likeness (QED) is 0.587. The van der Waals surface area contributed by atoms with E-state index in [1.165, 1.54) is 18.2 Å². The van der Waals surface area contributed by atoms with Gasteiger partial charge in [0.05, 0.1) is 16.4 Å². The van der Waals surface area contributed by atoms with Gasteiger partial charge in [-0.1, -0.05) is 17.7 Å². The number of halogens is 2. The molecule has 0 spiro atoms. The van der Waals surface area contributed by atoms with Gasteiger partial charge < -0.3 is 10.6 Å². The van der Waals surface area contributed by atoms with Gasteiger partial charge in [0.15, 0.2) is 0 Å². The number of hydrogen-bond acceptors (Lipinski definition) is 5. The maximum atomic E-state index is 11.9. The number of nitro groups is 1. The number of amides is 1. The second-order valence-corrected chi connectivity index (χ2v) is 5.56. The number of nitrogens with zero attached hydrogens (tertiary/aromatic N) is 2. The molecule has 7 nitrogen and oxygen atoms in total. The van der Waals surface area contributed by atoms with Gasteiger partial charge in [-0.15, -0.1) is 12.4 Å². The minimum Gasteiger partial charge on any atom is -0.355 e. The number of benzene rings is 1. The van der Waals surface area contributed by atoms with Gasteiger partial charge in [0, 0.05) is 51.4 Å². The van der Waals surface area contributed by atoms with Crippen molar-refractivity contribution in [1.82, 2.24) is 15.5 Å². The standard InChI is InChI=1S/C14H19ClN4O3.ClH/c15-13-10-12(19(21)22)2-1-11(13)9-14(20)17-5-8-18-6-3-16-4-7-18;/h1-2,10,16H,3-9H2,(H,17,20);1H. The summed E-state index contributed by atoms with van der Waals surface area (Å²) < 4.78 is 0. The summed E-state index contributed by atoms with van der Waals surface area (Å²) in [5, 5.41) is 17.0. The van der Waals surface area contributed by atoms with E-state index < -0.39 is 4.92 Å². The largest absolute Gasteiger partial charge is 0.355 e. The summed E-state index contributed by atoms with van der Waals surface area (Å²) in [6, 6.07) is 4.15. The molecule has 1 aliphatic heterocycles. The molecule has 0 bridgehead atoms. The summed E-state index contributed by atoms with van der Waals surface area (Å²) in [7, 11) is 0. The first-order chi connectivity index (χ1) is 10.6. The third-order valence-electron chi connectivity index (χ3n) is 3.56. The Kier molecular flexibility index (Phi) is 8.25. The Morgan fingerprint density at radius 2 is 2.09 bits per heavy atom. The zero-order chi connectivity index (χ0) is 15.9. The fourth-order valence-electron chi connectivity index (χ4n) is 2.32. The Hall–Kier alpha value is -1.41. The summed E-state index contributed by atoms with van der Waals surface area (Å²) in [5.74, 6) is -0.133. The van der Waals surface area contributed by atoms with Crippen LogP contribution in [0.2, 0.25) is 5.02 Å². The number of hydrogen-bond donors (Lipinski definition) is 2. The van der Waals surface area contributed by atoms with Crippen molar-refractivity contribution in [3.8, 4) is 0 Å². The lowest BCUT2D eigenvalue weighted by atomic mass is 10.1. The SMILES string of the molecule is Cl.O=C(Cc1ccc([N+](=O)[O-])cc1Cl)NCCN1CCNCC1. The molecule has 0 saturated carbocycles. The van der Waals surface area contributed by atoms with Crippen LogP contribution >= 0.6 is 24.0 Å². The molecule has 1 heterocycles. The number of carbonyl (C=O) groups excluding carboxylic acids is 1. The number of nitrogens with one attached hydrogen (secondary N) is 2. The first-order valence-corrected chi connectivity index (χ1v) is 7.56. The fraction of sp³-hybridized carbons (Fsp3) is 0.500. The van der Waals surface area contributed by atoms with Crippen molar-refractivity contribution in [2.24, 2.45) is 0 Å². The van der Waals surface area contributed by atoms with Crippen molar-refractivity contribution in [3.63, 3.8) is 0 Å². The van der Waals surface area contributed by atoms with Gasteiger partial charge in [-0.2, -0.15) is 0 Å². The van der Waals surface area contributed by atoms with E-state index in [0.29, 0.717) is 12.1 Å². The lowest BCUT2D eigenvalue weighted by Gasteiger charge is -2.27. The second kappa shape index (κ2) is 9.67. The van der Waals surface area contributed by atoms with Crippen LogP contribution in [-0.2, 0) is 11.2 Å². The van der Waals surface area contributed by atoms with Crippen LogP contribution in [0, 0.1) is 10.1 Å². The molecule has 1 aromatic carbocycles. The zero-order valence-corrected chi connectivity index (χ0v) is 14.2. The number of piperazine rings is 1. The maximum absolute atomic E-state index is 11.9. The predicted octanol–water partition coefficient (Wildman–Crippen LogP) is 1.23. The highest BCUT2D eigenvalue weighted by atomic mass is 35.5. The van der Waals surface area contributed by atoms with Crippen LogP contribution in [0.15, 0.2) is 18.2 Å². The van der Waals surface area contributed by atoms with Crippen LogP contribution in [0.5, 0.6) is 0 Å². The third-order valence-corrected chi connectivity index (χ3v) is 3.91. The molecular formula is C14H20Cl2N4O3. The number of rotatable bonds is 6. The lowest BCUT2D eigenvalue weighted by Crippen LogP contribution is -2.46. The molecule has 1 aliphatic rings. The Morgan fingerprint density at radius 3 is 2.70 bits per heavy atom. The molecule has 0 unspecified atom stereocenters. The van der Waals surface area contributed by atoms with E-state index in [1.54, 1.807) is 0 Å². The summed E-state index contributed by atoms with van der Waals surface area (Å²) in [6.07, 6.45) is 0.123. The fourth-order valence-corrected chi connectivity index (χ4v) is 2.56. The van der Waals surface area contributed by atoms with E-state index in [-0.39, 0.29) is 35.4 Å². The molecule has 1 saturated heterocycles. The highest BCUT2D eigenvalue weighted by Gasteiger charge is 2.13. The van der Waals surface area contributed by atoms with Gasteiger partial charge in [0.25, 0.3) is 5.69 Å². The van der Waals surface area contributed by atoms with Crippen LogP contribution in [0.1, 0.15) is 5.56 Å². The molecule has 1 amide bonds. The molecule has 128 valence electrons. The van der Waals surface area contributed by atoms with E-state index >= 15 is 0 Å². The Bertz CT molecular complexity index is 551. The lowest BCUT2D eigenvalue weighted by molar-refractivity contribution is -0.384. The summed E-state index contributed by atoms with van der Waals surface area (Å²) in [4.78, 5) is 24.3. The number of carbonyl (C=O) groups is 1. The normalized spacial score (nSPS) is 14.8. The van der Waals surface area contributed by atoms with E-state index in [4.69, 9.17) is 11.6 Å². The van der Waals surface area contributed by atoms with Crippen molar-refractivity contribution in [2.45, 2.75) is 6.42 Å². The van der Waals surface area contributed by atoms with E-state index in [0.717, 1.165) is 32.7 Å². The van der Waals surface area contributed by atoms with Gasteiger partial charge in [-0.3, -0.25) is 19.8 Å². The summed E-state index contributed by atoms with van der Waals surface area (Å²) in [6.45, 7) is 5.34. The maximum Gasteiger partial charge on any atom is 0.270 e. The highest BCUT2D eigenvalue weighted by Crippen LogP contribution is 2.22. The molecular weight excluding hydrogens is 343 g/mol. The van der Waals surface area contributed by atoms with Gasteiger partial charge in [-0.05, 0) is 5.56 Å². The molecule has 0 aromatic heterocycles. The average molecular weight is 363 g/mol. The predicted molar refractivity (Wildman–Crippen MR) is 91.4 cm³/mol. The van der Waals surface area contributed by atoms with Crippen LogP contribution in [0.3, 0.4) is 0 Å². The third kappa shape index (κ3) is 6.31. The molecule has 0 aliphatic carbocycles. The number of non-ortho nitro benzene ring substituents is 1. The van der Waals surface area contributed by atoms with E-state index in [9.17, 15) is 14.9 Å². The second-order valence-electron chi connectivity index (χ2n) is 5.15. The van der Waals surface area contributed by atoms with Crippen molar-refractivity contribution in [1.29, 1.82) is 0 Å². The molecule has 1 aromatic rings. The zero-order valence-electron chi connectivity index (χ0n) is 12.6. The molecule has 23 heavy (non-hydrogen) atoms. The van der Waals surface area contributed by atoms with E-state index in [1.807, 2.05) is 0 Å². The van der Waals surface area contributed by atoms with Gasteiger partial charge >= 0.3 is 0 Å². The smallest absolute Gasteiger partial charge is 0.270 e. The molecule has 0 radical (unpaired) electrons. The Balaban J connectivity index is 0.00000264. The van der Waals surface area contributed by atoms with Crippen molar-refractivity contribution in [3.05, 3.63) is 38.9 Å². The van der Waals surface area contributed by atoms with Crippen LogP contribution in [0.25, 0.3) is 0 Å². The molecule has 2 N–H and O–H groups in total. The Morgan fingerprint density at radius 1 is 1.39 bits per heavy atom. The van der Waals surface area contributed by atoms with Gasteiger partial charge in [0.1, 0.15) is 0 Å². The van der Waals surface area contributed by atoms with E-state index in [2.05, 4.69) is 15.5 Å². The van der Waals surface area contributed by atoms with Crippen LogP contribution in [0.4, 0.5) is 5.69 Å². The molecule has 2 rings (SSSR count). The molecule has 0 atom stereocenters. The summed E-state index contributed by atoms with van der Waals surface area (Å²) in [5.41, 5.74) is 0.514. The van der Waals surface area contributed by atoms with Crippen LogP contribution < -0.4 is 10.6 Å². The average Bonchev–Trinajstić information content (AvgIpc) is 2.50. The van der Waals surface area contributed by atoms with Crippen molar-refractivity contribution in [2.75, 3.05) is 39.3 Å². The first-order valence-electron chi connectivity index (χ1n) is 7.19. The molecule has 1 fully saturated rings. The minimum atomic E-state index is -0.511. The topological polar surface area (TPSA) is 87.5 Å². The van der Waals surface area contributed by atoms with Crippen LogP contribution in [-0.4, -0.2) is 55.0 Å². The minimum absolute atomic E-state index is 0.